The molecule has 0 spiro atoms. The van der Waals surface area contributed by atoms with Gasteiger partial charge < -0.3 is 15.3 Å². The van der Waals surface area contributed by atoms with Crippen LogP contribution >= 0.6 is 15.9 Å². The maximum atomic E-state index is 12.7. The molecule has 1 heterocycles. The number of rotatable bonds is 3. The molecule has 0 saturated carbocycles. The SMILES string of the molecule is CC(C)(C)c1ccc(O)c(NC(=O)C2CCN(C(=O)c3ccc(Br)cc3)CC2)c1. The van der Waals surface area contributed by atoms with Crippen LogP contribution in [0, 0.1) is 5.92 Å². The van der Waals surface area contributed by atoms with Crippen molar-refractivity contribution in [1.82, 2.24) is 4.90 Å². The van der Waals surface area contributed by atoms with E-state index in [0.29, 0.717) is 37.2 Å². The Labute approximate surface area is 180 Å². The van der Waals surface area contributed by atoms with Crippen molar-refractivity contribution in [1.29, 1.82) is 0 Å². The average molecular weight is 459 g/mol. The number of nitrogens with one attached hydrogen (secondary N) is 1. The van der Waals surface area contributed by atoms with Crippen LogP contribution < -0.4 is 5.32 Å². The van der Waals surface area contributed by atoms with Gasteiger partial charge in [-0.15, -0.1) is 0 Å². The minimum absolute atomic E-state index is 0.00752. The maximum Gasteiger partial charge on any atom is 0.253 e. The van der Waals surface area contributed by atoms with Crippen LogP contribution in [0.15, 0.2) is 46.9 Å². The molecule has 154 valence electrons. The predicted octanol–water partition coefficient (Wildman–Crippen LogP) is 4.94. The Kier molecular flexibility index (Phi) is 6.32. The summed E-state index contributed by atoms with van der Waals surface area (Å²) in [6.45, 7) is 7.34. The second-order valence-corrected chi connectivity index (χ2v) is 9.46. The van der Waals surface area contributed by atoms with Crippen molar-refractivity contribution >= 4 is 33.4 Å². The van der Waals surface area contributed by atoms with Crippen LogP contribution in [0.1, 0.15) is 49.5 Å². The molecule has 5 nitrogen and oxygen atoms in total. The van der Waals surface area contributed by atoms with Gasteiger partial charge in [-0.1, -0.05) is 42.8 Å². The molecule has 1 aliphatic heterocycles. The number of hydrogen-bond acceptors (Lipinski definition) is 3. The smallest absolute Gasteiger partial charge is 0.253 e. The third kappa shape index (κ3) is 5.18. The number of piperidine rings is 1. The average Bonchev–Trinajstić information content (AvgIpc) is 2.69. The number of aromatic hydroxyl groups is 1. The summed E-state index contributed by atoms with van der Waals surface area (Å²) in [5.41, 5.74) is 2.06. The highest BCUT2D eigenvalue weighted by molar-refractivity contribution is 9.10. The molecule has 0 aromatic heterocycles. The fourth-order valence-corrected chi connectivity index (χ4v) is 3.72. The number of amides is 2. The van der Waals surface area contributed by atoms with Gasteiger partial charge in [-0.25, -0.2) is 0 Å². The zero-order valence-corrected chi connectivity index (χ0v) is 18.6. The van der Waals surface area contributed by atoms with Gasteiger partial charge in [-0.05, 0) is 60.2 Å². The van der Waals surface area contributed by atoms with E-state index in [1.807, 2.05) is 24.3 Å². The van der Waals surface area contributed by atoms with Gasteiger partial charge in [0, 0.05) is 29.0 Å². The largest absolute Gasteiger partial charge is 0.506 e. The van der Waals surface area contributed by atoms with Gasteiger partial charge in [-0.3, -0.25) is 9.59 Å². The number of phenolic OH excluding ortho intramolecular Hbond substituents is 1. The molecule has 2 amide bonds. The van der Waals surface area contributed by atoms with Crippen LogP contribution in [-0.2, 0) is 10.2 Å². The Morgan fingerprint density at radius 3 is 2.28 bits per heavy atom. The van der Waals surface area contributed by atoms with Gasteiger partial charge in [0.15, 0.2) is 0 Å². The van der Waals surface area contributed by atoms with Crippen LogP contribution in [0.4, 0.5) is 5.69 Å². The van der Waals surface area contributed by atoms with Crippen molar-refractivity contribution in [3.8, 4) is 5.75 Å². The number of anilines is 1. The molecule has 2 aromatic carbocycles. The first-order valence-corrected chi connectivity index (χ1v) is 10.6. The number of phenols is 1. The topological polar surface area (TPSA) is 69.6 Å². The van der Waals surface area contributed by atoms with Crippen molar-refractivity contribution in [3.63, 3.8) is 0 Å². The Bertz CT molecular complexity index is 895. The molecule has 1 fully saturated rings. The molecule has 0 bridgehead atoms. The summed E-state index contributed by atoms with van der Waals surface area (Å²) in [5.74, 6) is -0.232. The Hall–Kier alpha value is -2.34. The van der Waals surface area contributed by atoms with Crippen LogP contribution in [0.2, 0.25) is 0 Å². The molecule has 3 rings (SSSR count). The number of likely N-dealkylation sites (tertiary alicyclic amines) is 1. The van der Waals surface area contributed by atoms with Gasteiger partial charge in [-0.2, -0.15) is 0 Å². The minimum atomic E-state index is -0.179. The molecule has 0 radical (unpaired) electrons. The van der Waals surface area contributed by atoms with Crippen molar-refractivity contribution in [3.05, 3.63) is 58.1 Å². The zero-order valence-electron chi connectivity index (χ0n) is 17.0. The van der Waals surface area contributed by atoms with E-state index in [0.717, 1.165) is 10.0 Å². The molecule has 1 saturated heterocycles. The summed E-state index contributed by atoms with van der Waals surface area (Å²) in [4.78, 5) is 27.2. The lowest BCUT2D eigenvalue weighted by Crippen LogP contribution is -2.41. The highest BCUT2D eigenvalue weighted by Crippen LogP contribution is 2.31. The number of halogens is 1. The number of nitrogens with zero attached hydrogens (tertiary/aromatic N) is 1. The van der Waals surface area contributed by atoms with E-state index in [1.54, 1.807) is 23.1 Å². The molecule has 0 unspecified atom stereocenters. The number of hydrogen-bond donors (Lipinski definition) is 2. The van der Waals surface area contributed by atoms with E-state index in [2.05, 4.69) is 42.0 Å². The molecule has 2 N–H and O–H groups in total. The minimum Gasteiger partial charge on any atom is -0.506 e. The van der Waals surface area contributed by atoms with Gasteiger partial charge in [0.25, 0.3) is 5.91 Å². The first-order valence-electron chi connectivity index (χ1n) is 9.84. The monoisotopic (exact) mass is 458 g/mol. The van der Waals surface area contributed by atoms with E-state index in [4.69, 9.17) is 0 Å². The maximum absolute atomic E-state index is 12.7. The standard InChI is InChI=1S/C23H27BrN2O3/c1-23(2,3)17-6-9-20(27)19(14-17)25-21(28)15-10-12-26(13-11-15)22(29)16-4-7-18(24)8-5-16/h4-9,14-15,27H,10-13H2,1-3H3,(H,25,28). The van der Waals surface area contributed by atoms with Crippen molar-refractivity contribution in [2.75, 3.05) is 18.4 Å². The third-order valence-corrected chi connectivity index (χ3v) is 5.89. The number of carbonyl (C=O) groups excluding carboxylic acids is 2. The van der Waals surface area contributed by atoms with Gasteiger partial charge >= 0.3 is 0 Å². The molecule has 1 aliphatic rings. The van der Waals surface area contributed by atoms with Crippen molar-refractivity contribution in [2.24, 2.45) is 5.92 Å². The van der Waals surface area contributed by atoms with E-state index in [9.17, 15) is 14.7 Å². The first-order chi connectivity index (χ1) is 13.6. The summed E-state index contributed by atoms with van der Waals surface area (Å²) in [7, 11) is 0. The fraction of sp³-hybridized carbons (Fsp3) is 0.391. The predicted molar refractivity (Wildman–Crippen MR) is 118 cm³/mol. The normalized spacial score (nSPS) is 15.2. The Morgan fingerprint density at radius 1 is 1.07 bits per heavy atom. The zero-order chi connectivity index (χ0) is 21.2. The molecule has 0 aliphatic carbocycles. The van der Waals surface area contributed by atoms with Crippen LogP contribution in [-0.4, -0.2) is 34.9 Å². The van der Waals surface area contributed by atoms with Gasteiger partial charge in [0.2, 0.25) is 5.91 Å². The third-order valence-electron chi connectivity index (χ3n) is 5.36. The summed E-state index contributed by atoms with van der Waals surface area (Å²) < 4.78 is 0.934. The number of carbonyl (C=O) groups is 2. The lowest BCUT2D eigenvalue weighted by molar-refractivity contribution is -0.121. The summed E-state index contributed by atoms with van der Waals surface area (Å²) in [6.07, 6.45) is 1.21. The first kappa shape index (κ1) is 21.4. The molecular formula is C23H27BrN2O3. The van der Waals surface area contributed by atoms with E-state index >= 15 is 0 Å². The quantitative estimate of drug-likeness (QED) is 0.639. The van der Waals surface area contributed by atoms with Crippen molar-refractivity contribution in [2.45, 2.75) is 39.0 Å². The lowest BCUT2D eigenvalue weighted by atomic mass is 9.86. The summed E-state index contributed by atoms with van der Waals surface area (Å²) in [6, 6.07) is 12.6. The van der Waals surface area contributed by atoms with Crippen molar-refractivity contribution < 1.29 is 14.7 Å². The highest BCUT2D eigenvalue weighted by atomic mass is 79.9. The van der Waals surface area contributed by atoms with Gasteiger partial charge in [0.1, 0.15) is 5.75 Å². The van der Waals surface area contributed by atoms with Crippen LogP contribution in [0.25, 0.3) is 0 Å². The van der Waals surface area contributed by atoms with Gasteiger partial charge in [0.05, 0.1) is 5.69 Å². The van der Waals surface area contributed by atoms with Crippen LogP contribution in [0.3, 0.4) is 0 Å². The van der Waals surface area contributed by atoms with E-state index < -0.39 is 0 Å². The van der Waals surface area contributed by atoms with E-state index in [-0.39, 0.29) is 28.9 Å². The molecule has 29 heavy (non-hydrogen) atoms. The summed E-state index contributed by atoms with van der Waals surface area (Å²) in [5, 5.41) is 13.0. The Balaban J connectivity index is 1.60. The molecule has 6 heteroatoms. The Morgan fingerprint density at radius 2 is 1.69 bits per heavy atom. The second-order valence-electron chi connectivity index (χ2n) is 8.54. The molecule has 0 atom stereocenters. The highest BCUT2D eigenvalue weighted by Gasteiger charge is 2.28. The molecule has 2 aromatic rings. The molecular weight excluding hydrogens is 432 g/mol. The fourth-order valence-electron chi connectivity index (χ4n) is 3.46. The number of benzene rings is 2. The second kappa shape index (κ2) is 8.57. The summed E-state index contributed by atoms with van der Waals surface area (Å²) >= 11 is 3.37. The van der Waals surface area contributed by atoms with E-state index in [1.165, 1.54) is 0 Å². The lowest BCUT2D eigenvalue weighted by Gasteiger charge is -2.31. The van der Waals surface area contributed by atoms with Crippen LogP contribution in [0.5, 0.6) is 5.75 Å².